The van der Waals surface area contributed by atoms with Gasteiger partial charge >= 0.3 is 5.97 Å². The Kier molecular flexibility index (Phi) is 3.07. The van der Waals surface area contributed by atoms with Crippen LogP contribution in [0.15, 0.2) is 18.2 Å². The van der Waals surface area contributed by atoms with Gasteiger partial charge in [0.25, 0.3) is 0 Å². The maximum absolute atomic E-state index is 13.1. The number of anilines is 1. The third kappa shape index (κ3) is 2.44. The van der Waals surface area contributed by atoms with E-state index in [2.05, 4.69) is 20.8 Å². The average molecular weight is 265 g/mol. The minimum absolute atomic E-state index is 0.0377. The van der Waals surface area contributed by atoms with E-state index in [1.807, 2.05) is 0 Å². The van der Waals surface area contributed by atoms with E-state index in [-0.39, 0.29) is 17.0 Å². The first-order chi connectivity index (χ1) is 8.67. The Labute approximate surface area is 112 Å². The topological polar surface area (TPSA) is 63.3 Å². The Morgan fingerprint density at radius 1 is 1.53 bits per heavy atom. The second-order valence-corrected chi connectivity index (χ2v) is 6.62. The van der Waals surface area contributed by atoms with Crippen LogP contribution in [-0.2, 0) is 11.2 Å². The van der Waals surface area contributed by atoms with Crippen molar-refractivity contribution in [1.82, 2.24) is 0 Å². The van der Waals surface area contributed by atoms with Crippen LogP contribution < -0.4 is 5.73 Å². The van der Waals surface area contributed by atoms with Crippen molar-refractivity contribution in [3.05, 3.63) is 29.6 Å². The van der Waals surface area contributed by atoms with Gasteiger partial charge in [-0.25, -0.2) is 4.39 Å². The fourth-order valence-corrected chi connectivity index (χ4v) is 3.02. The van der Waals surface area contributed by atoms with Crippen LogP contribution in [0.25, 0.3) is 0 Å². The molecule has 0 amide bonds. The number of carboxylic acid groups (broad SMARTS) is 1. The molecule has 0 spiro atoms. The monoisotopic (exact) mass is 265 g/mol. The van der Waals surface area contributed by atoms with Gasteiger partial charge in [0.2, 0.25) is 0 Å². The summed E-state index contributed by atoms with van der Waals surface area (Å²) in [6, 6.07) is 4.46. The van der Waals surface area contributed by atoms with E-state index in [1.165, 1.54) is 12.1 Å². The highest BCUT2D eigenvalue weighted by Gasteiger charge is 2.63. The predicted octanol–water partition coefficient (Wildman–Crippen LogP) is 3.09. The lowest BCUT2D eigenvalue weighted by Gasteiger charge is -2.22. The Morgan fingerprint density at radius 3 is 2.58 bits per heavy atom. The molecule has 0 aromatic heterocycles. The number of benzene rings is 1. The van der Waals surface area contributed by atoms with Gasteiger partial charge in [-0.2, -0.15) is 0 Å². The lowest BCUT2D eigenvalue weighted by Crippen LogP contribution is -2.25. The van der Waals surface area contributed by atoms with Crippen LogP contribution in [0.2, 0.25) is 0 Å². The number of hydrogen-bond acceptors (Lipinski definition) is 2. The molecule has 1 aromatic carbocycles. The zero-order valence-corrected chi connectivity index (χ0v) is 11.5. The van der Waals surface area contributed by atoms with Crippen molar-refractivity contribution >= 4 is 11.7 Å². The minimum Gasteiger partial charge on any atom is -0.481 e. The molecule has 2 atom stereocenters. The summed E-state index contributed by atoms with van der Waals surface area (Å²) in [6.07, 6.45) is 1.08. The molecule has 2 unspecified atom stereocenters. The van der Waals surface area contributed by atoms with Gasteiger partial charge in [0.1, 0.15) is 5.82 Å². The number of nitrogen functional groups attached to an aromatic ring is 1. The number of rotatable bonds is 3. The SMILES string of the molecule is CC(C)(C)C1CC1(Cc1ccc(F)c(N)c1)C(=O)O. The van der Waals surface area contributed by atoms with Crippen molar-refractivity contribution in [2.75, 3.05) is 5.73 Å². The van der Waals surface area contributed by atoms with E-state index in [4.69, 9.17) is 5.73 Å². The molecule has 0 heterocycles. The summed E-state index contributed by atoms with van der Waals surface area (Å²) in [5.74, 6) is -1.09. The standard InChI is InChI=1S/C15H20FNO2/c1-14(2,3)12-8-15(12,13(18)19)7-9-4-5-10(16)11(17)6-9/h4-6,12H,7-8,17H2,1-3H3,(H,18,19). The van der Waals surface area contributed by atoms with Crippen LogP contribution in [0, 0.1) is 22.6 Å². The van der Waals surface area contributed by atoms with Crippen molar-refractivity contribution in [3.63, 3.8) is 0 Å². The Morgan fingerprint density at radius 2 is 2.16 bits per heavy atom. The van der Waals surface area contributed by atoms with Crippen molar-refractivity contribution < 1.29 is 14.3 Å². The van der Waals surface area contributed by atoms with E-state index in [0.717, 1.165) is 5.56 Å². The zero-order chi connectivity index (χ0) is 14.4. The summed E-state index contributed by atoms with van der Waals surface area (Å²) < 4.78 is 13.1. The van der Waals surface area contributed by atoms with Crippen molar-refractivity contribution in [3.8, 4) is 0 Å². The van der Waals surface area contributed by atoms with Gasteiger partial charge in [-0.15, -0.1) is 0 Å². The molecular formula is C15H20FNO2. The van der Waals surface area contributed by atoms with E-state index in [9.17, 15) is 14.3 Å². The number of aliphatic carboxylic acids is 1. The zero-order valence-electron chi connectivity index (χ0n) is 11.5. The van der Waals surface area contributed by atoms with Crippen LogP contribution in [0.5, 0.6) is 0 Å². The Bertz CT molecular complexity index is 521. The van der Waals surface area contributed by atoms with Crippen LogP contribution in [0.1, 0.15) is 32.8 Å². The highest BCUT2D eigenvalue weighted by atomic mass is 19.1. The first-order valence-corrected chi connectivity index (χ1v) is 6.44. The van der Waals surface area contributed by atoms with Crippen molar-refractivity contribution in [2.45, 2.75) is 33.6 Å². The maximum Gasteiger partial charge on any atom is 0.310 e. The molecular weight excluding hydrogens is 245 g/mol. The third-order valence-electron chi connectivity index (χ3n) is 4.13. The Hall–Kier alpha value is -1.58. The molecule has 1 aliphatic carbocycles. The van der Waals surface area contributed by atoms with Gasteiger partial charge in [0.05, 0.1) is 11.1 Å². The Balaban J connectivity index is 2.25. The summed E-state index contributed by atoms with van der Waals surface area (Å²) in [6.45, 7) is 6.17. The molecule has 104 valence electrons. The molecule has 19 heavy (non-hydrogen) atoms. The maximum atomic E-state index is 13.1. The second kappa shape index (κ2) is 4.22. The molecule has 0 radical (unpaired) electrons. The fourth-order valence-electron chi connectivity index (χ4n) is 3.02. The molecule has 1 aromatic rings. The molecule has 1 fully saturated rings. The van der Waals surface area contributed by atoms with Gasteiger partial charge in [-0.3, -0.25) is 4.79 Å². The van der Waals surface area contributed by atoms with Gasteiger partial charge in [0, 0.05) is 0 Å². The van der Waals surface area contributed by atoms with E-state index in [0.29, 0.717) is 12.8 Å². The number of hydrogen-bond donors (Lipinski definition) is 2. The predicted molar refractivity (Wildman–Crippen MR) is 72.1 cm³/mol. The van der Waals surface area contributed by atoms with E-state index in [1.54, 1.807) is 6.07 Å². The summed E-state index contributed by atoms with van der Waals surface area (Å²) >= 11 is 0. The molecule has 1 saturated carbocycles. The molecule has 1 aliphatic rings. The fraction of sp³-hybridized carbons (Fsp3) is 0.533. The first kappa shape index (κ1) is 13.8. The number of nitrogens with two attached hydrogens (primary N) is 1. The third-order valence-corrected chi connectivity index (χ3v) is 4.13. The highest BCUT2D eigenvalue weighted by molar-refractivity contribution is 5.79. The normalized spacial score (nSPS) is 26.2. The highest BCUT2D eigenvalue weighted by Crippen LogP contribution is 2.62. The van der Waals surface area contributed by atoms with Gasteiger partial charge in [-0.1, -0.05) is 26.8 Å². The van der Waals surface area contributed by atoms with Crippen LogP contribution in [-0.4, -0.2) is 11.1 Å². The minimum atomic E-state index is -0.768. The lowest BCUT2D eigenvalue weighted by molar-refractivity contribution is -0.144. The number of halogens is 1. The molecule has 2 rings (SSSR count). The van der Waals surface area contributed by atoms with E-state index >= 15 is 0 Å². The average Bonchev–Trinajstić information content (AvgIpc) is 2.99. The van der Waals surface area contributed by atoms with Crippen LogP contribution >= 0.6 is 0 Å². The molecule has 3 N–H and O–H groups in total. The summed E-state index contributed by atoms with van der Waals surface area (Å²) in [4.78, 5) is 11.6. The van der Waals surface area contributed by atoms with Gasteiger partial charge in [0.15, 0.2) is 0 Å². The molecule has 0 aliphatic heterocycles. The number of carbonyl (C=O) groups is 1. The summed E-state index contributed by atoms with van der Waals surface area (Å²) in [7, 11) is 0. The lowest BCUT2D eigenvalue weighted by atomic mass is 9.82. The first-order valence-electron chi connectivity index (χ1n) is 6.44. The van der Waals surface area contributed by atoms with Crippen LogP contribution in [0.4, 0.5) is 10.1 Å². The smallest absolute Gasteiger partial charge is 0.310 e. The van der Waals surface area contributed by atoms with E-state index < -0.39 is 17.2 Å². The molecule has 0 saturated heterocycles. The molecule has 4 heteroatoms. The number of carboxylic acids is 1. The quantitative estimate of drug-likeness (QED) is 0.825. The van der Waals surface area contributed by atoms with Gasteiger partial charge in [-0.05, 0) is 41.9 Å². The second-order valence-electron chi connectivity index (χ2n) is 6.62. The molecule has 0 bridgehead atoms. The van der Waals surface area contributed by atoms with Gasteiger partial charge < -0.3 is 10.8 Å². The summed E-state index contributed by atoms with van der Waals surface area (Å²) in [5, 5.41) is 9.52. The largest absolute Gasteiger partial charge is 0.481 e. The molecule has 3 nitrogen and oxygen atoms in total. The van der Waals surface area contributed by atoms with Crippen LogP contribution in [0.3, 0.4) is 0 Å². The summed E-state index contributed by atoms with van der Waals surface area (Å²) in [5.41, 5.74) is 5.64. The van der Waals surface area contributed by atoms with Crippen molar-refractivity contribution in [1.29, 1.82) is 0 Å². The van der Waals surface area contributed by atoms with Crippen molar-refractivity contribution in [2.24, 2.45) is 16.7 Å².